The summed E-state index contributed by atoms with van der Waals surface area (Å²) in [6, 6.07) is 0. The van der Waals surface area contributed by atoms with Gasteiger partial charge in [-0.15, -0.1) is 10.2 Å². The van der Waals surface area contributed by atoms with Crippen LogP contribution in [0.15, 0.2) is 9.64 Å². The van der Waals surface area contributed by atoms with Gasteiger partial charge in [-0.25, -0.2) is 0 Å². The van der Waals surface area contributed by atoms with E-state index in [9.17, 15) is 4.79 Å². The fourth-order valence-electron chi connectivity index (χ4n) is 1.74. The van der Waals surface area contributed by atoms with Crippen LogP contribution in [0.3, 0.4) is 0 Å². The van der Waals surface area contributed by atoms with Gasteiger partial charge in [0.05, 0.1) is 12.3 Å². The van der Waals surface area contributed by atoms with Crippen molar-refractivity contribution in [3.05, 3.63) is 5.89 Å². The zero-order chi connectivity index (χ0) is 12.1. The number of aromatic nitrogens is 2. The molecule has 0 unspecified atom stereocenters. The Bertz CT molecular complexity index is 376. The largest absolute Gasteiger partial charge is 0.415 e. The van der Waals surface area contributed by atoms with Crippen molar-refractivity contribution in [3.8, 4) is 0 Å². The predicted octanol–water partition coefficient (Wildman–Crippen LogP) is 0.633. The minimum absolute atomic E-state index is 0.141. The second-order valence-corrected chi connectivity index (χ2v) is 4.82. The van der Waals surface area contributed by atoms with Crippen LogP contribution in [-0.4, -0.2) is 39.8 Å². The monoisotopic (exact) mass is 256 g/mol. The van der Waals surface area contributed by atoms with Gasteiger partial charge < -0.3 is 15.1 Å². The van der Waals surface area contributed by atoms with Crippen LogP contribution in [0.25, 0.3) is 0 Å². The van der Waals surface area contributed by atoms with Crippen molar-refractivity contribution >= 4 is 17.7 Å². The lowest BCUT2D eigenvalue weighted by molar-refractivity contribution is -0.129. The van der Waals surface area contributed by atoms with Crippen LogP contribution >= 0.6 is 11.8 Å². The fourth-order valence-corrected chi connectivity index (χ4v) is 2.42. The molecule has 0 saturated carbocycles. The van der Waals surface area contributed by atoms with Crippen LogP contribution in [0.1, 0.15) is 25.2 Å². The summed E-state index contributed by atoms with van der Waals surface area (Å²) in [7, 11) is 0. The molecule has 0 bridgehead atoms. The number of nitrogens with two attached hydrogens (primary N) is 1. The number of nitrogens with zero attached hydrogens (tertiary/aromatic N) is 3. The molecule has 2 heterocycles. The molecule has 1 amide bonds. The summed E-state index contributed by atoms with van der Waals surface area (Å²) in [4.78, 5) is 13.7. The summed E-state index contributed by atoms with van der Waals surface area (Å²) in [6.07, 6.45) is 3.43. The molecule has 1 aromatic heterocycles. The Morgan fingerprint density at radius 3 is 2.76 bits per heavy atom. The number of hydrogen-bond donors (Lipinski definition) is 1. The molecule has 94 valence electrons. The van der Waals surface area contributed by atoms with Crippen LogP contribution in [-0.2, 0) is 11.3 Å². The normalized spacial score (nSPS) is 16.2. The molecule has 0 atom stereocenters. The number of carbonyl (C=O) groups is 1. The quantitative estimate of drug-likeness (QED) is 0.795. The summed E-state index contributed by atoms with van der Waals surface area (Å²) >= 11 is 1.27. The topological polar surface area (TPSA) is 85.2 Å². The molecule has 1 fully saturated rings. The summed E-state index contributed by atoms with van der Waals surface area (Å²) in [5.74, 6) is 0.895. The molecular formula is C10H16N4O2S. The zero-order valence-electron chi connectivity index (χ0n) is 9.59. The van der Waals surface area contributed by atoms with E-state index in [1.165, 1.54) is 18.2 Å². The standard InChI is InChI=1S/C10H16N4O2S/c11-6-8-12-13-10(16-8)17-7-9(15)14-4-2-1-3-5-14/h1-7,11H2. The number of thioether (sulfide) groups is 1. The molecular weight excluding hydrogens is 240 g/mol. The van der Waals surface area contributed by atoms with Crippen LogP contribution in [0.2, 0.25) is 0 Å². The van der Waals surface area contributed by atoms with Crippen molar-refractivity contribution in [3.63, 3.8) is 0 Å². The van der Waals surface area contributed by atoms with E-state index in [-0.39, 0.29) is 12.5 Å². The van der Waals surface area contributed by atoms with Gasteiger partial charge in [0.2, 0.25) is 11.8 Å². The SMILES string of the molecule is NCc1nnc(SCC(=O)N2CCCCC2)o1. The molecule has 0 aromatic carbocycles. The van der Waals surface area contributed by atoms with Gasteiger partial charge in [0.15, 0.2) is 0 Å². The van der Waals surface area contributed by atoms with Crippen molar-refractivity contribution in [1.29, 1.82) is 0 Å². The summed E-state index contributed by atoms with van der Waals surface area (Å²) in [5, 5.41) is 7.95. The zero-order valence-corrected chi connectivity index (χ0v) is 10.4. The first-order chi connectivity index (χ1) is 8.29. The Balaban J connectivity index is 1.78. The van der Waals surface area contributed by atoms with E-state index >= 15 is 0 Å². The van der Waals surface area contributed by atoms with E-state index in [0.29, 0.717) is 16.9 Å². The lowest BCUT2D eigenvalue weighted by Gasteiger charge is -2.26. The van der Waals surface area contributed by atoms with Gasteiger partial charge in [0, 0.05) is 13.1 Å². The Morgan fingerprint density at radius 2 is 2.12 bits per heavy atom. The second-order valence-electron chi connectivity index (χ2n) is 3.90. The molecule has 2 N–H and O–H groups in total. The van der Waals surface area contributed by atoms with E-state index < -0.39 is 0 Å². The number of piperidine rings is 1. The summed E-state index contributed by atoms with van der Waals surface area (Å²) < 4.78 is 5.22. The van der Waals surface area contributed by atoms with Gasteiger partial charge in [0.1, 0.15) is 0 Å². The summed E-state index contributed by atoms with van der Waals surface area (Å²) in [5.41, 5.74) is 5.36. The third-order valence-corrected chi connectivity index (χ3v) is 3.45. The molecule has 0 spiro atoms. The number of hydrogen-bond acceptors (Lipinski definition) is 6. The second kappa shape index (κ2) is 6.02. The van der Waals surface area contributed by atoms with E-state index in [2.05, 4.69) is 10.2 Å². The molecule has 6 nitrogen and oxygen atoms in total. The first-order valence-corrected chi connectivity index (χ1v) is 6.71. The highest BCUT2D eigenvalue weighted by molar-refractivity contribution is 7.99. The average molecular weight is 256 g/mol. The van der Waals surface area contributed by atoms with Gasteiger partial charge in [-0.1, -0.05) is 11.8 Å². The predicted molar refractivity (Wildman–Crippen MR) is 63.3 cm³/mol. The van der Waals surface area contributed by atoms with Gasteiger partial charge in [-0.2, -0.15) is 0 Å². The van der Waals surface area contributed by atoms with Crippen molar-refractivity contribution in [2.45, 2.75) is 31.0 Å². The molecule has 17 heavy (non-hydrogen) atoms. The van der Waals surface area contributed by atoms with Crippen LogP contribution in [0, 0.1) is 0 Å². The fraction of sp³-hybridized carbons (Fsp3) is 0.700. The van der Waals surface area contributed by atoms with Gasteiger partial charge in [-0.3, -0.25) is 4.79 Å². The number of likely N-dealkylation sites (tertiary alicyclic amines) is 1. The van der Waals surface area contributed by atoms with Crippen molar-refractivity contribution in [2.24, 2.45) is 5.73 Å². The molecule has 0 radical (unpaired) electrons. The Labute approximate surface area is 104 Å². The maximum absolute atomic E-state index is 11.8. The van der Waals surface area contributed by atoms with Crippen LogP contribution in [0.5, 0.6) is 0 Å². The highest BCUT2D eigenvalue weighted by atomic mass is 32.2. The molecule has 1 aromatic rings. The molecule has 1 aliphatic rings. The van der Waals surface area contributed by atoms with Gasteiger partial charge in [0.25, 0.3) is 5.22 Å². The highest BCUT2D eigenvalue weighted by Gasteiger charge is 2.17. The minimum Gasteiger partial charge on any atom is -0.415 e. The minimum atomic E-state index is 0.141. The number of rotatable bonds is 4. The van der Waals surface area contributed by atoms with Crippen molar-refractivity contribution < 1.29 is 9.21 Å². The Kier molecular flexibility index (Phi) is 4.38. The molecule has 0 aliphatic carbocycles. The molecule has 1 aliphatic heterocycles. The lowest BCUT2D eigenvalue weighted by Crippen LogP contribution is -2.36. The van der Waals surface area contributed by atoms with E-state index in [0.717, 1.165) is 25.9 Å². The van der Waals surface area contributed by atoms with Crippen LogP contribution < -0.4 is 5.73 Å². The number of amides is 1. The lowest BCUT2D eigenvalue weighted by atomic mass is 10.1. The molecule has 2 rings (SSSR count). The summed E-state index contributed by atoms with van der Waals surface area (Å²) in [6.45, 7) is 1.97. The molecule has 7 heteroatoms. The Morgan fingerprint density at radius 1 is 1.35 bits per heavy atom. The Hall–Kier alpha value is -1.08. The average Bonchev–Trinajstić information content (AvgIpc) is 2.85. The van der Waals surface area contributed by atoms with Gasteiger partial charge in [-0.05, 0) is 19.3 Å². The van der Waals surface area contributed by atoms with E-state index in [4.69, 9.17) is 10.2 Å². The third kappa shape index (κ3) is 3.44. The van der Waals surface area contributed by atoms with Crippen molar-refractivity contribution in [2.75, 3.05) is 18.8 Å². The maximum atomic E-state index is 11.8. The van der Waals surface area contributed by atoms with E-state index in [1.807, 2.05) is 4.90 Å². The number of carbonyl (C=O) groups excluding carboxylic acids is 1. The highest BCUT2D eigenvalue weighted by Crippen LogP contribution is 2.17. The first kappa shape index (κ1) is 12.4. The smallest absolute Gasteiger partial charge is 0.277 e. The van der Waals surface area contributed by atoms with Crippen molar-refractivity contribution in [1.82, 2.24) is 15.1 Å². The van der Waals surface area contributed by atoms with E-state index in [1.54, 1.807) is 0 Å². The third-order valence-electron chi connectivity index (χ3n) is 2.65. The molecule has 1 saturated heterocycles. The van der Waals surface area contributed by atoms with Gasteiger partial charge >= 0.3 is 0 Å². The maximum Gasteiger partial charge on any atom is 0.277 e. The first-order valence-electron chi connectivity index (χ1n) is 5.72. The van der Waals surface area contributed by atoms with Crippen LogP contribution in [0.4, 0.5) is 0 Å².